The van der Waals surface area contributed by atoms with E-state index in [4.69, 9.17) is 4.74 Å². The van der Waals surface area contributed by atoms with E-state index in [1.165, 1.54) is 11.3 Å². The summed E-state index contributed by atoms with van der Waals surface area (Å²) in [5.74, 6) is -0.811. The maximum absolute atomic E-state index is 12.6. The van der Waals surface area contributed by atoms with Gasteiger partial charge in [0.25, 0.3) is 0 Å². The lowest BCUT2D eigenvalue weighted by Crippen LogP contribution is -2.20. The number of amides is 1. The molecule has 29 heavy (non-hydrogen) atoms. The van der Waals surface area contributed by atoms with Crippen LogP contribution >= 0.6 is 11.3 Å². The Kier molecular flexibility index (Phi) is 5.03. The number of carbonyl (C=O) groups is 3. The second-order valence-corrected chi connectivity index (χ2v) is 7.92. The number of carbonyl (C=O) groups excluding carboxylic acids is 3. The molecule has 146 valence electrons. The van der Waals surface area contributed by atoms with Crippen molar-refractivity contribution in [2.75, 3.05) is 18.6 Å². The number of hydrogen-bond donors (Lipinski definition) is 0. The van der Waals surface area contributed by atoms with Crippen molar-refractivity contribution in [2.45, 2.75) is 13.3 Å². The van der Waals surface area contributed by atoms with Crippen LogP contribution in [0.3, 0.4) is 0 Å². The minimum atomic E-state index is -0.514. The van der Waals surface area contributed by atoms with Crippen molar-refractivity contribution >= 4 is 34.7 Å². The third-order valence-electron chi connectivity index (χ3n) is 5.03. The molecule has 0 N–H and O–H groups in total. The average Bonchev–Trinajstić information content (AvgIpc) is 3.31. The van der Waals surface area contributed by atoms with Crippen LogP contribution in [0.4, 0.5) is 5.69 Å². The van der Waals surface area contributed by atoms with E-state index in [9.17, 15) is 14.4 Å². The van der Waals surface area contributed by atoms with Crippen molar-refractivity contribution < 1.29 is 19.1 Å². The minimum absolute atomic E-state index is 0.00245. The monoisotopic (exact) mass is 405 g/mol. The number of Topliss-reactive ketones (excluding diaryl/α,β-unsaturated/α-hetero) is 1. The highest BCUT2D eigenvalue weighted by Gasteiger charge is 2.25. The summed E-state index contributed by atoms with van der Waals surface area (Å²) in [5, 5.41) is 1.83. The lowest BCUT2D eigenvalue weighted by molar-refractivity contribution is -0.117. The molecule has 0 aliphatic carbocycles. The fourth-order valence-corrected chi connectivity index (χ4v) is 4.16. The molecule has 2 heterocycles. The zero-order valence-corrected chi connectivity index (χ0v) is 16.9. The fourth-order valence-electron chi connectivity index (χ4n) is 3.35. The molecule has 0 spiro atoms. The molecule has 0 atom stereocenters. The largest absolute Gasteiger partial charge is 0.453 e. The highest BCUT2D eigenvalue weighted by atomic mass is 32.1. The summed E-state index contributed by atoms with van der Waals surface area (Å²) >= 11 is 1.29. The number of anilines is 1. The topological polar surface area (TPSA) is 63.7 Å². The van der Waals surface area contributed by atoms with Crippen LogP contribution in [0.5, 0.6) is 0 Å². The van der Waals surface area contributed by atoms with Crippen LogP contribution in [0.2, 0.25) is 0 Å². The van der Waals surface area contributed by atoms with Gasteiger partial charge in [-0.2, -0.15) is 0 Å². The standard InChI is InChI=1S/C23H19NO4S/c1-14-3-5-15(6-4-14)18-9-10-29-22(18)23(27)28-13-20(25)16-7-8-19-17(11-16)12-21(26)24(19)2/h3-11H,12-13H2,1-2H3. The van der Waals surface area contributed by atoms with Crippen molar-refractivity contribution in [3.63, 3.8) is 0 Å². The van der Waals surface area contributed by atoms with Gasteiger partial charge in [0, 0.05) is 23.9 Å². The Balaban J connectivity index is 1.45. The van der Waals surface area contributed by atoms with Gasteiger partial charge in [0.2, 0.25) is 5.91 Å². The summed E-state index contributed by atoms with van der Waals surface area (Å²) in [6.07, 6.45) is 0.280. The first-order chi connectivity index (χ1) is 13.9. The Labute approximate surface area is 172 Å². The first-order valence-corrected chi connectivity index (χ1v) is 10.1. The van der Waals surface area contributed by atoms with Crippen LogP contribution in [0.25, 0.3) is 11.1 Å². The van der Waals surface area contributed by atoms with Gasteiger partial charge in [-0.1, -0.05) is 29.8 Å². The van der Waals surface area contributed by atoms with Gasteiger partial charge in [0.1, 0.15) is 4.88 Å². The van der Waals surface area contributed by atoms with Crippen molar-refractivity contribution in [2.24, 2.45) is 0 Å². The van der Waals surface area contributed by atoms with Gasteiger partial charge in [-0.15, -0.1) is 11.3 Å². The molecule has 6 heteroatoms. The fraction of sp³-hybridized carbons (Fsp3) is 0.174. The lowest BCUT2D eigenvalue weighted by Gasteiger charge is -2.10. The summed E-state index contributed by atoms with van der Waals surface area (Å²) in [4.78, 5) is 38.9. The SMILES string of the molecule is Cc1ccc(-c2ccsc2C(=O)OCC(=O)c2ccc3c(c2)CC(=O)N3C)cc1. The van der Waals surface area contributed by atoms with Crippen molar-refractivity contribution in [1.29, 1.82) is 0 Å². The van der Waals surface area contributed by atoms with Crippen molar-refractivity contribution in [3.05, 3.63) is 75.5 Å². The minimum Gasteiger partial charge on any atom is -0.453 e. The third-order valence-corrected chi connectivity index (χ3v) is 5.92. The average molecular weight is 405 g/mol. The van der Waals surface area contributed by atoms with Gasteiger partial charge in [-0.05, 0) is 47.7 Å². The molecule has 4 rings (SSSR count). The second-order valence-electron chi connectivity index (χ2n) is 7.00. The van der Waals surface area contributed by atoms with Gasteiger partial charge >= 0.3 is 5.97 Å². The molecule has 3 aromatic rings. The highest BCUT2D eigenvalue weighted by Crippen LogP contribution is 2.30. The molecule has 5 nitrogen and oxygen atoms in total. The van der Waals surface area contributed by atoms with E-state index in [2.05, 4.69) is 0 Å². The Hall–Kier alpha value is -3.25. The Morgan fingerprint density at radius 3 is 2.62 bits per heavy atom. The molecule has 0 radical (unpaired) electrons. The Morgan fingerprint density at radius 1 is 1.10 bits per heavy atom. The van der Waals surface area contributed by atoms with Crippen LogP contribution in [0, 0.1) is 6.92 Å². The number of thiophene rings is 1. The summed E-state index contributed by atoms with van der Waals surface area (Å²) in [6.45, 7) is 1.66. The predicted octanol–water partition coefficient (Wildman–Crippen LogP) is 4.28. The summed E-state index contributed by atoms with van der Waals surface area (Å²) in [5.41, 5.74) is 4.93. The van der Waals surface area contributed by atoms with Gasteiger partial charge < -0.3 is 9.64 Å². The van der Waals surface area contributed by atoms with E-state index < -0.39 is 5.97 Å². The van der Waals surface area contributed by atoms with Crippen LogP contribution in [0.1, 0.15) is 31.2 Å². The maximum atomic E-state index is 12.6. The van der Waals surface area contributed by atoms with Gasteiger partial charge in [0.05, 0.1) is 6.42 Å². The summed E-state index contributed by atoms with van der Waals surface area (Å²) in [6, 6.07) is 14.9. The van der Waals surface area contributed by atoms with E-state index in [-0.39, 0.29) is 24.7 Å². The molecule has 0 saturated carbocycles. The molecule has 0 fully saturated rings. The molecule has 1 amide bonds. The van der Waals surface area contributed by atoms with Crippen LogP contribution in [-0.2, 0) is 16.0 Å². The number of nitrogens with zero attached hydrogens (tertiary/aromatic N) is 1. The quantitative estimate of drug-likeness (QED) is 0.469. The molecule has 2 aromatic carbocycles. The number of fused-ring (bicyclic) bond motifs is 1. The van der Waals surface area contributed by atoms with Crippen LogP contribution in [0.15, 0.2) is 53.9 Å². The molecule has 1 aliphatic rings. The highest BCUT2D eigenvalue weighted by molar-refractivity contribution is 7.12. The maximum Gasteiger partial charge on any atom is 0.349 e. The van der Waals surface area contributed by atoms with E-state index in [1.807, 2.05) is 42.6 Å². The number of aryl methyl sites for hydroxylation is 1. The Morgan fingerprint density at radius 2 is 1.86 bits per heavy atom. The molecular formula is C23H19NO4S. The molecule has 1 aliphatic heterocycles. The first kappa shape index (κ1) is 19.1. The van der Waals surface area contributed by atoms with Gasteiger partial charge in [0.15, 0.2) is 12.4 Å². The van der Waals surface area contributed by atoms with E-state index in [0.29, 0.717) is 10.4 Å². The predicted molar refractivity (Wildman–Crippen MR) is 113 cm³/mol. The number of hydrogen-bond acceptors (Lipinski definition) is 5. The van der Waals surface area contributed by atoms with Gasteiger partial charge in [-0.3, -0.25) is 9.59 Å². The molecule has 0 unspecified atom stereocenters. The second kappa shape index (κ2) is 7.64. The smallest absolute Gasteiger partial charge is 0.349 e. The van der Waals surface area contributed by atoms with Gasteiger partial charge in [-0.25, -0.2) is 4.79 Å². The summed E-state index contributed by atoms with van der Waals surface area (Å²) in [7, 11) is 1.71. The number of ketones is 1. The number of ether oxygens (including phenoxy) is 1. The molecule has 0 bridgehead atoms. The number of likely N-dealkylation sites (N-methyl/N-ethyl adjacent to an activating group) is 1. The number of benzene rings is 2. The van der Waals surface area contributed by atoms with Crippen molar-refractivity contribution in [1.82, 2.24) is 0 Å². The zero-order chi connectivity index (χ0) is 20.5. The van der Waals surface area contributed by atoms with E-state index in [0.717, 1.165) is 27.9 Å². The molecule has 0 saturated heterocycles. The normalized spacial score (nSPS) is 12.8. The number of rotatable bonds is 5. The van der Waals surface area contributed by atoms with E-state index >= 15 is 0 Å². The van der Waals surface area contributed by atoms with E-state index in [1.54, 1.807) is 30.1 Å². The van der Waals surface area contributed by atoms with Crippen LogP contribution in [-0.4, -0.2) is 31.3 Å². The Bertz CT molecular complexity index is 1110. The first-order valence-electron chi connectivity index (χ1n) is 9.18. The lowest BCUT2D eigenvalue weighted by atomic mass is 10.0. The summed E-state index contributed by atoms with van der Waals surface area (Å²) < 4.78 is 5.29. The number of esters is 1. The van der Waals surface area contributed by atoms with Crippen LogP contribution < -0.4 is 4.90 Å². The molecule has 1 aromatic heterocycles. The zero-order valence-electron chi connectivity index (χ0n) is 16.1. The van der Waals surface area contributed by atoms with Crippen molar-refractivity contribution in [3.8, 4) is 11.1 Å². The third kappa shape index (κ3) is 3.71. The molecular weight excluding hydrogens is 386 g/mol.